The maximum atomic E-state index is 11.9. The van der Waals surface area contributed by atoms with Gasteiger partial charge in [-0.3, -0.25) is 4.90 Å². The average Bonchev–Trinajstić information content (AvgIpc) is 2.06. The Morgan fingerprint density at radius 2 is 2.00 bits per heavy atom. The third kappa shape index (κ3) is 3.22. The van der Waals surface area contributed by atoms with E-state index in [-0.39, 0.29) is 12.1 Å². The number of nitrogens with zero attached hydrogens (tertiary/aromatic N) is 1. The molecule has 0 heterocycles. The number of hydrogen-bond acceptors (Lipinski definition) is 3. The first-order valence-corrected chi connectivity index (χ1v) is 5.82. The van der Waals surface area contributed by atoms with Gasteiger partial charge in [-0.1, -0.05) is 0 Å². The lowest BCUT2D eigenvalue weighted by Gasteiger charge is -2.40. The Morgan fingerprint density at radius 3 is 2.31 bits per heavy atom. The molecule has 0 aliphatic heterocycles. The first kappa shape index (κ1) is 13.0. The van der Waals surface area contributed by atoms with Crippen molar-refractivity contribution in [2.45, 2.75) is 64.6 Å². The Kier molecular flexibility index (Phi) is 3.94. The number of aldehydes is 1. The van der Waals surface area contributed by atoms with E-state index in [2.05, 4.69) is 0 Å². The van der Waals surface area contributed by atoms with Gasteiger partial charge in [-0.25, -0.2) is 4.79 Å². The Bertz CT molecular complexity index is 266. The van der Waals surface area contributed by atoms with E-state index in [9.17, 15) is 9.59 Å². The summed E-state index contributed by atoms with van der Waals surface area (Å²) in [4.78, 5) is 24.3. The van der Waals surface area contributed by atoms with Gasteiger partial charge in [-0.15, -0.1) is 0 Å². The third-order valence-corrected chi connectivity index (χ3v) is 2.71. The van der Waals surface area contributed by atoms with Crippen molar-refractivity contribution in [1.82, 2.24) is 4.90 Å². The summed E-state index contributed by atoms with van der Waals surface area (Å²) >= 11 is 0. The van der Waals surface area contributed by atoms with Crippen molar-refractivity contribution < 1.29 is 14.3 Å². The maximum Gasteiger partial charge on any atom is 0.411 e. The SMILES string of the molecule is C[C@@H](C=O)N(C(=O)OC(C)(C)C)C1CCC1. The molecule has 1 saturated carbocycles. The van der Waals surface area contributed by atoms with Crippen LogP contribution < -0.4 is 0 Å². The number of carbonyl (C=O) groups is 2. The molecule has 1 atom stereocenters. The van der Waals surface area contributed by atoms with Crippen molar-refractivity contribution in [1.29, 1.82) is 0 Å². The topological polar surface area (TPSA) is 46.6 Å². The molecule has 0 spiro atoms. The lowest BCUT2D eigenvalue weighted by atomic mass is 9.91. The largest absolute Gasteiger partial charge is 0.444 e. The van der Waals surface area contributed by atoms with Gasteiger partial charge in [0.1, 0.15) is 11.9 Å². The van der Waals surface area contributed by atoms with Crippen LogP contribution in [0.4, 0.5) is 4.79 Å². The van der Waals surface area contributed by atoms with Gasteiger partial charge in [0.05, 0.1) is 6.04 Å². The van der Waals surface area contributed by atoms with Crippen LogP contribution in [0, 0.1) is 0 Å². The van der Waals surface area contributed by atoms with Crippen LogP contribution in [0.1, 0.15) is 47.0 Å². The molecule has 1 fully saturated rings. The zero-order valence-electron chi connectivity index (χ0n) is 10.5. The van der Waals surface area contributed by atoms with E-state index < -0.39 is 11.6 Å². The molecule has 1 aliphatic rings. The monoisotopic (exact) mass is 227 g/mol. The first-order valence-electron chi connectivity index (χ1n) is 5.82. The first-order chi connectivity index (χ1) is 7.35. The van der Waals surface area contributed by atoms with E-state index in [0.29, 0.717) is 0 Å². The fraction of sp³-hybridized carbons (Fsp3) is 0.833. The number of hydrogen-bond donors (Lipinski definition) is 0. The summed E-state index contributed by atoms with van der Waals surface area (Å²) < 4.78 is 5.31. The van der Waals surface area contributed by atoms with Crippen molar-refractivity contribution in [3.63, 3.8) is 0 Å². The molecule has 1 amide bonds. The Morgan fingerprint density at radius 1 is 1.44 bits per heavy atom. The molecule has 0 N–H and O–H groups in total. The maximum absolute atomic E-state index is 11.9. The molecule has 0 bridgehead atoms. The predicted octanol–water partition coefficient (Wildman–Crippen LogP) is 2.36. The minimum Gasteiger partial charge on any atom is -0.444 e. The van der Waals surface area contributed by atoms with E-state index >= 15 is 0 Å². The molecule has 92 valence electrons. The summed E-state index contributed by atoms with van der Waals surface area (Å²) in [5, 5.41) is 0. The quantitative estimate of drug-likeness (QED) is 0.695. The fourth-order valence-corrected chi connectivity index (χ4v) is 1.69. The Labute approximate surface area is 96.9 Å². The lowest BCUT2D eigenvalue weighted by Crippen LogP contribution is -2.51. The molecule has 1 aliphatic carbocycles. The summed E-state index contributed by atoms with van der Waals surface area (Å²) in [6, 6.07) is -0.227. The van der Waals surface area contributed by atoms with Gasteiger partial charge in [-0.05, 0) is 47.0 Å². The summed E-state index contributed by atoms with van der Waals surface area (Å²) in [5.41, 5.74) is -0.512. The number of ether oxygens (including phenoxy) is 1. The van der Waals surface area contributed by atoms with Gasteiger partial charge in [0.15, 0.2) is 0 Å². The fourth-order valence-electron chi connectivity index (χ4n) is 1.69. The lowest BCUT2D eigenvalue weighted by molar-refractivity contribution is -0.113. The molecule has 4 nitrogen and oxygen atoms in total. The summed E-state index contributed by atoms with van der Waals surface area (Å²) in [6.45, 7) is 7.22. The summed E-state index contributed by atoms with van der Waals surface area (Å²) in [5.74, 6) is 0. The van der Waals surface area contributed by atoms with E-state index in [1.54, 1.807) is 11.8 Å². The van der Waals surface area contributed by atoms with Crippen LogP contribution in [-0.2, 0) is 9.53 Å². The van der Waals surface area contributed by atoms with Crippen molar-refractivity contribution in [2.24, 2.45) is 0 Å². The smallest absolute Gasteiger partial charge is 0.411 e. The minimum absolute atomic E-state index is 0.176. The number of rotatable bonds is 3. The van der Waals surface area contributed by atoms with Crippen LogP contribution in [0.3, 0.4) is 0 Å². The van der Waals surface area contributed by atoms with E-state index in [1.165, 1.54) is 0 Å². The molecule has 4 heteroatoms. The van der Waals surface area contributed by atoms with Crippen molar-refractivity contribution >= 4 is 12.4 Å². The van der Waals surface area contributed by atoms with Gasteiger partial charge in [0, 0.05) is 6.04 Å². The van der Waals surface area contributed by atoms with Gasteiger partial charge in [0.2, 0.25) is 0 Å². The molecule has 0 unspecified atom stereocenters. The van der Waals surface area contributed by atoms with Gasteiger partial charge in [0.25, 0.3) is 0 Å². The Balaban J connectivity index is 2.68. The summed E-state index contributed by atoms with van der Waals surface area (Å²) in [6.07, 6.45) is 3.48. The van der Waals surface area contributed by atoms with Crippen molar-refractivity contribution in [3.8, 4) is 0 Å². The Hall–Kier alpha value is -1.06. The average molecular weight is 227 g/mol. The van der Waals surface area contributed by atoms with Crippen LogP contribution in [0.25, 0.3) is 0 Å². The molecule has 0 aromatic rings. The highest BCUT2D eigenvalue weighted by Crippen LogP contribution is 2.27. The zero-order valence-corrected chi connectivity index (χ0v) is 10.5. The van der Waals surface area contributed by atoms with Crippen LogP contribution in [0.2, 0.25) is 0 Å². The molecule has 16 heavy (non-hydrogen) atoms. The minimum atomic E-state index is -0.512. The van der Waals surface area contributed by atoms with Crippen LogP contribution in [0.5, 0.6) is 0 Å². The van der Waals surface area contributed by atoms with E-state index in [4.69, 9.17) is 4.74 Å². The second-order valence-corrected chi connectivity index (χ2v) is 5.35. The highest BCUT2D eigenvalue weighted by Gasteiger charge is 2.34. The predicted molar refractivity (Wildman–Crippen MR) is 61.2 cm³/mol. The molecule has 0 radical (unpaired) electrons. The molecule has 1 rings (SSSR count). The van der Waals surface area contributed by atoms with Gasteiger partial charge < -0.3 is 9.53 Å². The second kappa shape index (κ2) is 4.85. The van der Waals surface area contributed by atoms with Gasteiger partial charge >= 0.3 is 6.09 Å². The summed E-state index contributed by atoms with van der Waals surface area (Å²) in [7, 11) is 0. The normalized spacial score (nSPS) is 18.5. The second-order valence-electron chi connectivity index (χ2n) is 5.35. The number of carbonyl (C=O) groups excluding carboxylic acids is 2. The van der Waals surface area contributed by atoms with Crippen molar-refractivity contribution in [2.75, 3.05) is 0 Å². The molecular weight excluding hydrogens is 206 g/mol. The van der Waals surface area contributed by atoms with Crippen LogP contribution in [-0.4, -0.2) is 35.0 Å². The van der Waals surface area contributed by atoms with Gasteiger partial charge in [-0.2, -0.15) is 0 Å². The molecule has 0 aromatic heterocycles. The van der Waals surface area contributed by atoms with Crippen LogP contribution in [0.15, 0.2) is 0 Å². The molecular formula is C12H21NO3. The van der Waals surface area contributed by atoms with Crippen LogP contribution >= 0.6 is 0 Å². The highest BCUT2D eigenvalue weighted by atomic mass is 16.6. The van der Waals surface area contributed by atoms with E-state index in [1.807, 2.05) is 20.8 Å². The zero-order chi connectivity index (χ0) is 12.3. The standard InChI is InChI=1S/C12H21NO3/c1-9(8-14)13(10-6-5-7-10)11(15)16-12(2,3)4/h8-10H,5-7H2,1-4H3/t9-/m0/s1. The molecule has 0 aromatic carbocycles. The number of amides is 1. The highest BCUT2D eigenvalue weighted by molar-refractivity contribution is 5.74. The van der Waals surface area contributed by atoms with Crippen molar-refractivity contribution in [3.05, 3.63) is 0 Å². The van der Waals surface area contributed by atoms with E-state index in [0.717, 1.165) is 25.5 Å². The third-order valence-electron chi connectivity index (χ3n) is 2.71. The molecule has 0 saturated heterocycles.